The number of hydrogen-bond acceptors (Lipinski definition) is 3. The molecule has 0 aliphatic heterocycles. The minimum atomic E-state index is -0.396. The number of ketones is 1. The lowest BCUT2D eigenvalue weighted by Crippen LogP contribution is -2.10. The van der Waals surface area contributed by atoms with E-state index in [1.54, 1.807) is 54.6 Å². The number of carbonyl (C=O) groups is 2. The first-order valence-electron chi connectivity index (χ1n) is 7.41. The molecule has 1 heterocycles. The monoisotopic (exact) mass is 373 g/mol. The van der Waals surface area contributed by atoms with Crippen LogP contribution < -0.4 is 5.32 Å². The van der Waals surface area contributed by atoms with E-state index < -0.39 is 5.91 Å². The fourth-order valence-electron chi connectivity index (χ4n) is 2.27. The minimum Gasteiger partial charge on any atom is -0.451 e. The van der Waals surface area contributed by atoms with Crippen molar-refractivity contribution in [1.29, 1.82) is 0 Å². The number of Topliss-reactive ketones (excluding diaryl/α,β-unsaturated/α-hetero) is 1. The van der Waals surface area contributed by atoms with Gasteiger partial charge in [-0.05, 0) is 61.5 Å². The molecule has 0 spiro atoms. The van der Waals surface area contributed by atoms with Gasteiger partial charge in [-0.15, -0.1) is 0 Å². The predicted octanol–water partition coefficient (Wildman–Crippen LogP) is 5.71. The molecule has 0 fully saturated rings. The van der Waals surface area contributed by atoms with Crippen LogP contribution in [0.25, 0.3) is 11.3 Å². The fourth-order valence-corrected chi connectivity index (χ4v) is 2.78. The second kappa shape index (κ2) is 7.13. The molecule has 0 aliphatic carbocycles. The summed E-state index contributed by atoms with van der Waals surface area (Å²) in [6.07, 6.45) is 0. The quantitative estimate of drug-likeness (QED) is 0.595. The van der Waals surface area contributed by atoms with Crippen molar-refractivity contribution in [1.82, 2.24) is 0 Å². The first-order chi connectivity index (χ1) is 11.9. The largest absolute Gasteiger partial charge is 0.451 e. The zero-order chi connectivity index (χ0) is 18.0. The van der Waals surface area contributed by atoms with Gasteiger partial charge in [0.2, 0.25) is 0 Å². The van der Waals surface area contributed by atoms with Crippen molar-refractivity contribution in [2.24, 2.45) is 0 Å². The highest BCUT2D eigenvalue weighted by Crippen LogP contribution is 2.31. The Labute approximate surface area is 154 Å². The van der Waals surface area contributed by atoms with Gasteiger partial charge in [0.15, 0.2) is 11.5 Å². The van der Waals surface area contributed by atoms with E-state index in [-0.39, 0.29) is 11.5 Å². The Morgan fingerprint density at radius 2 is 1.68 bits per heavy atom. The zero-order valence-electron chi connectivity index (χ0n) is 13.2. The zero-order valence-corrected chi connectivity index (χ0v) is 14.7. The van der Waals surface area contributed by atoms with Crippen LogP contribution in [0.3, 0.4) is 0 Å². The topological polar surface area (TPSA) is 59.3 Å². The highest BCUT2D eigenvalue weighted by molar-refractivity contribution is 6.36. The van der Waals surface area contributed by atoms with E-state index in [0.29, 0.717) is 32.6 Å². The van der Waals surface area contributed by atoms with Gasteiger partial charge in [0.25, 0.3) is 5.91 Å². The third-order valence-electron chi connectivity index (χ3n) is 3.58. The van der Waals surface area contributed by atoms with E-state index in [9.17, 15) is 9.59 Å². The minimum absolute atomic E-state index is 0.0339. The molecule has 126 valence electrons. The second-order valence-corrected chi connectivity index (χ2v) is 6.22. The first kappa shape index (κ1) is 17.3. The Morgan fingerprint density at radius 3 is 2.32 bits per heavy atom. The van der Waals surface area contributed by atoms with Gasteiger partial charge in [-0.25, -0.2) is 0 Å². The number of nitrogens with one attached hydrogen (secondary N) is 1. The number of amides is 1. The maximum Gasteiger partial charge on any atom is 0.291 e. The van der Waals surface area contributed by atoms with Gasteiger partial charge in [0.1, 0.15) is 5.76 Å². The molecule has 2 aromatic carbocycles. The average molecular weight is 374 g/mol. The normalized spacial score (nSPS) is 10.5. The van der Waals surface area contributed by atoms with Crippen molar-refractivity contribution in [2.75, 3.05) is 5.32 Å². The predicted molar refractivity (Wildman–Crippen MR) is 98.6 cm³/mol. The Morgan fingerprint density at radius 1 is 0.960 bits per heavy atom. The van der Waals surface area contributed by atoms with Crippen LogP contribution in [-0.4, -0.2) is 11.7 Å². The van der Waals surface area contributed by atoms with Crippen LogP contribution in [0.5, 0.6) is 0 Å². The summed E-state index contributed by atoms with van der Waals surface area (Å²) < 4.78 is 5.59. The van der Waals surface area contributed by atoms with Crippen molar-refractivity contribution >= 4 is 40.6 Å². The summed E-state index contributed by atoms with van der Waals surface area (Å²) in [5.74, 6) is 0.190. The molecule has 0 unspecified atom stereocenters. The summed E-state index contributed by atoms with van der Waals surface area (Å²) in [7, 11) is 0. The van der Waals surface area contributed by atoms with E-state index >= 15 is 0 Å². The maximum atomic E-state index is 12.3. The van der Waals surface area contributed by atoms with Crippen LogP contribution in [0.4, 0.5) is 5.69 Å². The molecular weight excluding hydrogens is 361 g/mol. The molecule has 0 radical (unpaired) electrons. The molecule has 0 saturated heterocycles. The number of furan rings is 1. The summed E-state index contributed by atoms with van der Waals surface area (Å²) in [6, 6.07) is 14.9. The summed E-state index contributed by atoms with van der Waals surface area (Å²) >= 11 is 12.0. The van der Waals surface area contributed by atoms with E-state index in [2.05, 4.69) is 5.32 Å². The molecule has 1 aromatic heterocycles. The van der Waals surface area contributed by atoms with Crippen LogP contribution in [0, 0.1) is 0 Å². The van der Waals surface area contributed by atoms with Crippen LogP contribution in [0.1, 0.15) is 27.8 Å². The van der Waals surface area contributed by atoms with Crippen molar-refractivity contribution in [3.63, 3.8) is 0 Å². The number of rotatable bonds is 4. The standard InChI is InChI=1S/C19H13Cl2NO3/c1-11(23)12-2-5-14(6-3-12)22-19(24)18-9-8-17(25-18)15-7-4-13(20)10-16(15)21/h2-10H,1H3,(H,22,24). The SMILES string of the molecule is CC(=O)c1ccc(NC(=O)c2ccc(-c3ccc(Cl)cc3Cl)o2)cc1. The Kier molecular flexibility index (Phi) is 4.93. The maximum absolute atomic E-state index is 12.3. The number of hydrogen-bond donors (Lipinski definition) is 1. The number of benzene rings is 2. The molecule has 1 N–H and O–H groups in total. The summed E-state index contributed by atoms with van der Waals surface area (Å²) in [5.41, 5.74) is 1.80. The van der Waals surface area contributed by atoms with E-state index in [1.165, 1.54) is 6.92 Å². The highest BCUT2D eigenvalue weighted by atomic mass is 35.5. The fraction of sp³-hybridized carbons (Fsp3) is 0.0526. The van der Waals surface area contributed by atoms with Crippen LogP contribution in [0.15, 0.2) is 59.0 Å². The number of carbonyl (C=O) groups excluding carboxylic acids is 2. The molecule has 25 heavy (non-hydrogen) atoms. The summed E-state index contributed by atoms with van der Waals surface area (Å²) in [6.45, 7) is 1.49. The molecular formula is C19H13Cl2NO3. The molecule has 3 aromatic rings. The molecule has 3 rings (SSSR count). The lowest BCUT2D eigenvalue weighted by molar-refractivity contribution is 0.0995. The molecule has 4 nitrogen and oxygen atoms in total. The van der Waals surface area contributed by atoms with Crippen LogP contribution in [0.2, 0.25) is 10.0 Å². The van der Waals surface area contributed by atoms with Gasteiger partial charge in [0.05, 0.1) is 5.02 Å². The Balaban J connectivity index is 1.77. The molecule has 6 heteroatoms. The lowest BCUT2D eigenvalue weighted by atomic mass is 10.1. The Bertz CT molecular complexity index is 946. The average Bonchev–Trinajstić information content (AvgIpc) is 3.05. The lowest BCUT2D eigenvalue weighted by Gasteiger charge is -2.04. The summed E-state index contributed by atoms with van der Waals surface area (Å²) in [5, 5.41) is 3.67. The van der Waals surface area contributed by atoms with E-state index in [0.717, 1.165) is 0 Å². The van der Waals surface area contributed by atoms with Gasteiger partial charge in [0, 0.05) is 21.8 Å². The van der Waals surface area contributed by atoms with Crippen molar-refractivity contribution in [2.45, 2.75) is 6.92 Å². The van der Waals surface area contributed by atoms with Gasteiger partial charge in [-0.3, -0.25) is 9.59 Å². The number of halogens is 2. The van der Waals surface area contributed by atoms with Crippen molar-refractivity contribution in [3.05, 3.63) is 76.0 Å². The molecule has 0 atom stereocenters. The molecule has 0 saturated carbocycles. The van der Waals surface area contributed by atoms with E-state index in [4.69, 9.17) is 27.6 Å². The molecule has 0 aliphatic rings. The van der Waals surface area contributed by atoms with Gasteiger partial charge in [-0.2, -0.15) is 0 Å². The smallest absolute Gasteiger partial charge is 0.291 e. The third kappa shape index (κ3) is 3.92. The van der Waals surface area contributed by atoms with Crippen molar-refractivity contribution in [3.8, 4) is 11.3 Å². The van der Waals surface area contributed by atoms with E-state index in [1.807, 2.05) is 0 Å². The van der Waals surface area contributed by atoms with Gasteiger partial charge >= 0.3 is 0 Å². The summed E-state index contributed by atoms with van der Waals surface area (Å²) in [4.78, 5) is 23.6. The highest BCUT2D eigenvalue weighted by Gasteiger charge is 2.14. The molecule has 0 bridgehead atoms. The number of anilines is 1. The molecule has 1 amide bonds. The Hall–Kier alpha value is -2.56. The first-order valence-corrected chi connectivity index (χ1v) is 8.17. The van der Waals surface area contributed by atoms with Crippen LogP contribution in [-0.2, 0) is 0 Å². The van der Waals surface area contributed by atoms with Gasteiger partial charge in [-0.1, -0.05) is 23.2 Å². The van der Waals surface area contributed by atoms with Gasteiger partial charge < -0.3 is 9.73 Å². The third-order valence-corrected chi connectivity index (χ3v) is 4.12. The van der Waals surface area contributed by atoms with Crippen molar-refractivity contribution < 1.29 is 14.0 Å². The van der Waals surface area contributed by atoms with Crippen LogP contribution >= 0.6 is 23.2 Å². The second-order valence-electron chi connectivity index (χ2n) is 5.38.